The number of hydrogen-bond acceptors (Lipinski definition) is 6. The van der Waals surface area contributed by atoms with Gasteiger partial charge in [0, 0.05) is 34.1 Å². The molecule has 0 radical (unpaired) electrons. The smallest absolute Gasteiger partial charge is 0.209 e. The highest BCUT2D eigenvalue weighted by atomic mass is 32.2. The number of carbonyl (C=O) groups excluding carboxylic acids is 1. The third kappa shape index (κ3) is 3.58. The maximum absolute atomic E-state index is 12.7. The van der Waals surface area contributed by atoms with E-state index in [9.17, 15) is 4.79 Å². The van der Waals surface area contributed by atoms with Crippen molar-refractivity contribution in [3.8, 4) is 16.5 Å². The molecule has 1 N–H and O–H groups in total. The average molecular weight is 396 g/mol. The zero-order valence-corrected chi connectivity index (χ0v) is 16.5. The first-order chi connectivity index (χ1) is 13.1. The lowest BCUT2D eigenvalue weighted by atomic mass is 10.2. The Hall–Kier alpha value is -2.71. The quantitative estimate of drug-likeness (QED) is 0.389. The van der Waals surface area contributed by atoms with Gasteiger partial charge in [0.15, 0.2) is 16.7 Å². The molecule has 27 heavy (non-hydrogen) atoms. The fourth-order valence-electron chi connectivity index (χ4n) is 2.91. The van der Waals surface area contributed by atoms with E-state index in [0.29, 0.717) is 16.5 Å². The topological polar surface area (TPSA) is 76.5 Å². The van der Waals surface area contributed by atoms with E-state index in [4.69, 9.17) is 0 Å². The minimum absolute atomic E-state index is 0.0574. The van der Waals surface area contributed by atoms with Crippen LogP contribution >= 0.6 is 23.1 Å². The molecule has 0 aliphatic carbocycles. The number of thioether (sulfide) groups is 1. The number of aromatic nitrogens is 5. The van der Waals surface area contributed by atoms with E-state index in [2.05, 4.69) is 20.2 Å². The second kappa shape index (κ2) is 7.50. The van der Waals surface area contributed by atoms with Crippen LogP contribution in [0.2, 0.25) is 0 Å². The van der Waals surface area contributed by atoms with E-state index < -0.39 is 0 Å². The summed E-state index contributed by atoms with van der Waals surface area (Å²) < 4.78 is 2.02. The second-order valence-electron chi connectivity index (χ2n) is 5.98. The van der Waals surface area contributed by atoms with E-state index in [1.165, 1.54) is 11.8 Å². The van der Waals surface area contributed by atoms with Crippen LogP contribution in [0.1, 0.15) is 21.7 Å². The summed E-state index contributed by atoms with van der Waals surface area (Å²) >= 11 is 2.89. The highest BCUT2D eigenvalue weighted by Crippen LogP contribution is 2.25. The molecule has 8 heteroatoms. The predicted octanol–water partition coefficient (Wildman–Crippen LogP) is 4.31. The number of carbonyl (C=O) groups is 1. The van der Waals surface area contributed by atoms with E-state index in [-0.39, 0.29) is 11.5 Å². The Morgan fingerprint density at radius 2 is 2.07 bits per heavy atom. The molecule has 0 bridgehead atoms. The number of Topliss-reactive ketones (excluding diaryl/α,β-unsaturated/α-hetero) is 1. The first-order valence-electron chi connectivity index (χ1n) is 8.36. The van der Waals surface area contributed by atoms with Crippen molar-refractivity contribution in [3.63, 3.8) is 0 Å². The first-order valence-corrected chi connectivity index (χ1v) is 10.2. The van der Waals surface area contributed by atoms with Gasteiger partial charge in [-0.1, -0.05) is 42.1 Å². The summed E-state index contributed by atoms with van der Waals surface area (Å²) in [6.45, 7) is 3.94. The molecule has 4 aromatic rings. The van der Waals surface area contributed by atoms with Crippen LogP contribution in [-0.4, -0.2) is 36.3 Å². The molecule has 136 valence electrons. The van der Waals surface area contributed by atoms with Crippen molar-refractivity contribution >= 4 is 28.9 Å². The van der Waals surface area contributed by atoms with Crippen molar-refractivity contribution in [3.05, 3.63) is 64.9 Å². The lowest BCUT2D eigenvalue weighted by molar-refractivity contribution is 0.102. The summed E-state index contributed by atoms with van der Waals surface area (Å²) in [7, 11) is 0. The predicted molar refractivity (Wildman–Crippen MR) is 108 cm³/mol. The number of aryl methyl sites for hydroxylation is 1. The zero-order valence-electron chi connectivity index (χ0n) is 14.8. The van der Waals surface area contributed by atoms with Gasteiger partial charge in [0.2, 0.25) is 5.16 Å². The summed E-state index contributed by atoms with van der Waals surface area (Å²) in [6.07, 6.45) is 1.77. The van der Waals surface area contributed by atoms with Crippen LogP contribution in [0.3, 0.4) is 0 Å². The van der Waals surface area contributed by atoms with Crippen LogP contribution in [0, 0.1) is 13.8 Å². The minimum Gasteiger partial charge on any atom is -0.294 e. The lowest BCUT2D eigenvalue weighted by Gasteiger charge is -2.05. The molecule has 0 atom stereocenters. The standard InChI is InChI=1S/C19H17N5OS2/c1-12-10-15(13(2)24(12)19-20-8-9-26-19)16(25)11-27-18-21-17(22-23-18)14-6-4-3-5-7-14/h3-10H,11H2,1-2H3,(H,21,22,23). The van der Waals surface area contributed by atoms with Gasteiger partial charge in [-0.3, -0.25) is 14.5 Å². The lowest BCUT2D eigenvalue weighted by Crippen LogP contribution is -2.05. The van der Waals surface area contributed by atoms with Crippen molar-refractivity contribution in [1.82, 2.24) is 24.7 Å². The Balaban J connectivity index is 1.48. The Labute approximate surface area is 164 Å². The van der Waals surface area contributed by atoms with Crippen LogP contribution in [0.25, 0.3) is 16.5 Å². The highest BCUT2D eigenvalue weighted by molar-refractivity contribution is 7.99. The molecule has 0 saturated heterocycles. The largest absolute Gasteiger partial charge is 0.294 e. The van der Waals surface area contributed by atoms with Gasteiger partial charge >= 0.3 is 0 Å². The number of nitrogens with zero attached hydrogens (tertiary/aromatic N) is 4. The van der Waals surface area contributed by atoms with Crippen molar-refractivity contribution in [2.24, 2.45) is 0 Å². The minimum atomic E-state index is 0.0574. The number of aromatic amines is 1. The van der Waals surface area contributed by atoms with E-state index in [0.717, 1.165) is 22.1 Å². The Bertz CT molecular complexity index is 1070. The Kier molecular flexibility index (Phi) is 4.91. The molecular weight excluding hydrogens is 378 g/mol. The zero-order chi connectivity index (χ0) is 18.8. The molecule has 0 amide bonds. The molecular formula is C19H17N5OS2. The summed E-state index contributed by atoms with van der Waals surface area (Å²) in [5.74, 6) is 1.04. The molecule has 3 aromatic heterocycles. The van der Waals surface area contributed by atoms with Crippen molar-refractivity contribution in [2.75, 3.05) is 5.75 Å². The average Bonchev–Trinajstić information content (AvgIpc) is 3.41. The molecule has 0 saturated carbocycles. The van der Waals surface area contributed by atoms with Gasteiger partial charge in [0.25, 0.3) is 0 Å². The van der Waals surface area contributed by atoms with E-state index >= 15 is 0 Å². The maximum atomic E-state index is 12.7. The van der Waals surface area contributed by atoms with Gasteiger partial charge in [-0.05, 0) is 19.9 Å². The van der Waals surface area contributed by atoms with E-state index in [1.54, 1.807) is 17.5 Å². The number of H-pyrrole nitrogens is 1. The number of thiazole rings is 1. The highest BCUT2D eigenvalue weighted by Gasteiger charge is 2.18. The normalized spacial score (nSPS) is 11.0. The summed E-state index contributed by atoms with van der Waals surface area (Å²) in [6, 6.07) is 11.7. The van der Waals surface area contributed by atoms with Crippen LogP contribution in [0.15, 0.2) is 53.1 Å². The SMILES string of the molecule is Cc1cc(C(=O)CSc2n[nH]c(-c3ccccc3)n2)c(C)n1-c1nccs1. The van der Waals surface area contributed by atoms with Crippen LogP contribution in [-0.2, 0) is 0 Å². The molecule has 1 aromatic carbocycles. The summed E-state index contributed by atoms with van der Waals surface area (Å²) in [4.78, 5) is 21.5. The van der Waals surface area contributed by atoms with Gasteiger partial charge in [0.05, 0.1) is 5.75 Å². The van der Waals surface area contributed by atoms with Gasteiger partial charge < -0.3 is 0 Å². The number of hydrogen-bond donors (Lipinski definition) is 1. The molecule has 4 rings (SSSR count). The number of rotatable bonds is 6. The third-order valence-corrected chi connectivity index (χ3v) is 5.79. The fraction of sp³-hybridized carbons (Fsp3) is 0.158. The van der Waals surface area contributed by atoms with Crippen LogP contribution in [0.5, 0.6) is 0 Å². The van der Waals surface area contributed by atoms with Crippen molar-refractivity contribution in [1.29, 1.82) is 0 Å². The van der Waals surface area contributed by atoms with Gasteiger partial charge in [-0.2, -0.15) is 0 Å². The number of ketones is 1. The molecule has 0 fully saturated rings. The van der Waals surface area contributed by atoms with Crippen LogP contribution < -0.4 is 0 Å². The Morgan fingerprint density at radius 3 is 2.81 bits per heavy atom. The fourth-order valence-corrected chi connectivity index (χ4v) is 4.34. The maximum Gasteiger partial charge on any atom is 0.209 e. The van der Waals surface area contributed by atoms with Crippen LogP contribution in [0.4, 0.5) is 0 Å². The molecule has 0 aliphatic rings. The van der Waals surface area contributed by atoms with Gasteiger partial charge in [-0.15, -0.1) is 16.4 Å². The Morgan fingerprint density at radius 1 is 1.26 bits per heavy atom. The number of benzene rings is 1. The van der Waals surface area contributed by atoms with Gasteiger partial charge in [-0.25, -0.2) is 9.97 Å². The molecule has 0 spiro atoms. The molecule has 0 aliphatic heterocycles. The van der Waals surface area contributed by atoms with Crippen molar-refractivity contribution < 1.29 is 4.79 Å². The van der Waals surface area contributed by atoms with Gasteiger partial charge in [0.1, 0.15) is 0 Å². The number of nitrogens with one attached hydrogen (secondary N) is 1. The monoisotopic (exact) mass is 395 g/mol. The summed E-state index contributed by atoms with van der Waals surface area (Å²) in [5, 5.41) is 10.5. The molecule has 6 nitrogen and oxygen atoms in total. The van der Waals surface area contributed by atoms with Crippen molar-refractivity contribution in [2.45, 2.75) is 19.0 Å². The molecule has 3 heterocycles. The third-order valence-electron chi connectivity index (χ3n) is 4.19. The summed E-state index contributed by atoms with van der Waals surface area (Å²) in [5.41, 5.74) is 3.59. The van der Waals surface area contributed by atoms with E-state index in [1.807, 2.05) is 60.2 Å². The second-order valence-corrected chi connectivity index (χ2v) is 7.79. The molecule has 0 unspecified atom stereocenters. The first kappa shape index (κ1) is 17.7.